The number of aryl methyl sites for hydroxylation is 1. The van der Waals surface area contributed by atoms with Crippen LogP contribution < -0.4 is 4.90 Å². The Balaban J connectivity index is 1.58. The van der Waals surface area contributed by atoms with Gasteiger partial charge in [-0.3, -0.25) is 9.78 Å². The molecule has 0 saturated carbocycles. The second kappa shape index (κ2) is 7.43. The maximum absolute atomic E-state index is 13.3. The Bertz CT molecular complexity index is 1310. The fourth-order valence-electron chi connectivity index (χ4n) is 4.41. The lowest BCUT2D eigenvalue weighted by Crippen LogP contribution is -2.42. The quantitative estimate of drug-likeness (QED) is 0.471. The molecule has 5 nitrogen and oxygen atoms in total. The van der Waals surface area contributed by atoms with E-state index in [0.717, 1.165) is 46.1 Å². The van der Waals surface area contributed by atoms with Gasteiger partial charge in [0.2, 0.25) is 0 Å². The second-order valence-electron chi connectivity index (χ2n) is 7.98. The highest BCUT2D eigenvalue weighted by Crippen LogP contribution is 2.37. The molecule has 5 rings (SSSR count). The van der Waals surface area contributed by atoms with E-state index in [0.29, 0.717) is 0 Å². The van der Waals surface area contributed by atoms with Crippen LogP contribution in [0.1, 0.15) is 29.3 Å². The number of carbonyl (C=O) groups is 1. The van der Waals surface area contributed by atoms with Gasteiger partial charge in [0.1, 0.15) is 11.5 Å². The van der Waals surface area contributed by atoms with Gasteiger partial charge in [0.25, 0.3) is 5.91 Å². The van der Waals surface area contributed by atoms with Gasteiger partial charge in [-0.05, 0) is 72.9 Å². The monoisotopic (exact) mass is 410 g/mol. The summed E-state index contributed by atoms with van der Waals surface area (Å²) < 4.78 is 0. The fourth-order valence-corrected chi connectivity index (χ4v) is 4.41. The molecule has 0 saturated heterocycles. The molecule has 1 amide bonds. The summed E-state index contributed by atoms with van der Waals surface area (Å²) in [5.74, 6) is -0.562. The van der Waals surface area contributed by atoms with Crippen molar-refractivity contribution >= 4 is 22.5 Å². The third-order valence-corrected chi connectivity index (χ3v) is 6.00. The highest BCUT2D eigenvalue weighted by Gasteiger charge is 2.30. The van der Waals surface area contributed by atoms with E-state index in [-0.39, 0.29) is 29.0 Å². The number of nitrogens with zero attached hydrogens (tertiary/aromatic N) is 2. The van der Waals surface area contributed by atoms with Crippen LogP contribution in [0.2, 0.25) is 0 Å². The molecule has 1 atom stereocenters. The van der Waals surface area contributed by atoms with Crippen molar-refractivity contribution in [2.75, 3.05) is 4.90 Å². The van der Waals surface area contributed by atoms with E-state index in [2.05, 4.69) is 17.1 Å². The summed E-state index contributed by atoms with van der Waals surface area (Å²) in [7, 11) is 0. The summed E-state index contributed by atoms with van der Waals surface area (Å²) in [5.41, 5.74) is 5.29. The Hall–Kier alpha value is -3.86. The number of phenols is 2. The fraction of sp³-hybridized carbons (Fsp3) is 0.154. The molecule has 0 radical (unpaired) electrons. The number of pyridine rings is 1. The van der Waals surface area contributed by atoms with Crippen molar-refractivity contribution in [2.24, 2.45) is 0 Å². The Kier molecular flexibility index (Phi) is 4.59. The van der Waals surface area contributed by atoms with E-state index in [1.807, 2.05) is 49.5 Å². The number of anilines is 1. The normalized spacial score (nSPS) is 15.6. The minimum Gasteiger partial charge on any atom is -0.508 e. The second-order valence-corrected chi connectivity index (χ2v) is 7.98. The number of para-hydroxylation sites is 1. The van der Waals surface area contributed by atoms with Crippen LogP contribution in [0.4, 0.5) is 5.69 Å². The molecule has 1 aromatic heterocycles. The summed E-state index contributed by atoms with van der Waals surface area (Å²) in [5, 5.41) is 20.9. The number of aromatic nitrogens is 1. The van der Waals surface area contributed by atoms with E-state index in [1.54, 1.807) is 4.90 Å². The first-order valence-corrected chi connectivity index (χ1v) is 10.4. The zero-order valence-corrected chi connectivity index (χ0v) is 17.1. The minimum absolute atomic E-state index is 0.000749. The van der Waals surface area contributed by atoms with Gasteiger partial charge in [-0.1, -0.05) is 24.3 Å². The summed E-state index contributed by atoms with van der Waals surface area (Å²) in [6.07, 6.45) is 3.53. The van der Waals surface area contributed by atoms with Gasteiger partial charge in [-0.25, -0.2) is 0 Å². The maximum atomic E-state index is 13.3. The molecule has 3 aromatic carbocycles. The van der Waals surface area contributed by atoms with Crippen LogP contribution in [-0.2, 0) is 6.42 Å². The predicted molar refractivity (Wildman–Crippen MR) is 122 cm³/mol. The van der Waals surface area contributed by atoms with Gasteiger partial charge in [-0.15, -0.1) is 0 Å². The van der Waals surface area contributed by atoms with Crippen LogP contribution in [0.15, 0.2) is 72.9 Å². The predicted octanol–water partition coefficient (Wildman–Crippen LogP) is 5.29. The number of carbonyl (C=O) groups excluding carboxylic acids is 1. The van der Waals surface area contributed by atoms with Crippen molar-refractivity contribution in [1.29, 1.82) is 0 Å². The van der Waals surface area contributed by atoms with Gasteiger partial charge >= 0.3 is 0 Å². The lowest BCUT2D eigenvalue weighted by Gasteiger charge is -2.35. The summed E-state index contributed by atoms with van der Waals surface area (Å²) >= 11 is 0. The SMILES string of the molecule is CC1CCc2cc(-c3ccnc4ccccc34)ccc2N1C(=O)c1ccc(O)cc1O. The van der Waals surface area contributed by atoms with Gasteiger partial charge in [0.05, 0.1) is 11.1 Å². The van der Waals surface area contributed by atoms with E-state index in [9.17, 15) is 15.0 Å². The molecule has 4 aromatic rings. The number of phenolic OH excluding ortho intramolecular Hbond substituents is 2. The van der Waals surface area contributed by atoms with Crippen molar-refractivity contribution in [3.8, 4) is 22.6 Å². The molecular weight excluding hydrogens is 388 g/mol. The average molecular weight is 410 g/mol. The van der Waals surface area contributed by atoms with Crippen LogP contribution in [-0.4, -0.2) is 27.1 Å². The van der Waals surface area contributed by atoms with Crippen LogP contribution in [0, 0.1) is 0 Å². The van der Waals surface area contributed by atoms with Crippen LogP contribution in [0.25, 0.3) is 22.0 Å². The van der Waals surface area contributed by atoms with Crippen LogP contribution in [0.3, 0.4) is 0 Å². The molecule has 2 N–H and O–H groups in total. The molecule has 1 unspecified atom stereocenters. The first kappa shape index (κ1) is 19.1. The van der Waals surface area contributed by atoms with Crippen molar-refractivity contribution in [1.82, 2.24) is 4.98 Å². The molecule has 1 aliphatic rings. The van der Waals surface area contributed by atoms with Crippen molar-refractivity contribution < 1.29 is 15.0 Å². The summed E-state index contributed by atoms with van der Waals surface area (Å²) in [6, 6.07) is 20.3. The minimum atomic E-state index is -0.270. The lowest BCUT2D eigenvalue weighted by atomic mass is 9.91. The topological polar surface area (TPSA) is 73.7 Å². The Labute approximate surface area is 180 Å². The third kappa shape index (κ3) is 3.28. The highest BCUT2D eigenvalue weighted by atomic mass is 16.3. The van der Waals surface area contributed by atoms with E-state index >= 15 is 0 Å². The molecule has 0 aliphatic carbocycles. The zero-order valence-electron chi connectivity index (χ0n) is 17.1. The molecule has 0 bridgehead atoms. The van der Waals surface area contributed by atoms with Gasteiger partial charge < -0.3 is 15.1 Å². The Morgan fingerprint density at radius 2 is 1.87 bits per heavy atom. The van der Waals surface area contributed by atoms with Crippen LogP contribution in [0.5, 0.6) is 11.5 Å². The first-order chi connectivity index (χ1) is 15.0. The smallest absolute Gasteiger partial charge is 0.262 e. The Morgan fingerprint density at radius 1 is 1.03 bits per heavy atom. The van der Waals surface area contributed by atoms with Crippen LogP contribution >= 0.6 is 0 Å². The number of rotatable bonds is 2. The molecule has 0 spiro atoms. The number of hydrogen-bond donors (Lipinski definition) is 2. The molecular formula is C26H22N2O3. The molecule has 5 heteroatoms. The summed E-state index contributed by atoms with van der Waals surface area (Å²) in [4.78, 5) is 19.5. The molecule has 31 heavy (non-hydrogen) atoms. The van der Waals surface area contributed by atoms with Crippen molar-refractivity contribution in [3.63, 3.8) is 0 Å². The van der Waals surface area contributed by atoms with Gasteiger partial charge in [0.15, 0.2) is 0 Å². The molecule has 0 fully saturated rings. The summed E-state index contributed by atoms with van der Waals surface area (Å²) in [6.45, 7) is 2.02. The molecule has 154 valence electrons. The third-order valence-electron chi connectivity index (χ3n) is 6.00. The molecule has 2 heterocycles. The Morgan fingerprint density at radius 3 is 2.71 bits per heavy atom. The first-order valence-electron chi connectivity index (χ1n) is 10.4. The number of benzene rings is 3. The standard InChI is InChI=1S/C26H22N2O3/c1-16-6-7-18-14-17(20-12-13-27-23-5-3-2-4-21(20)23)8-11-24(18)28(16)26(31)22-10-9-19(29)15-25(22)30/h2-5,8-16,29-30H,6-7H2,1H3. The van der Waals surface area contributed by atoms with E-state index < -0.39 is 0 Å². The van der Waals surface area contributed by atoms with Gasteiger partial charge in [0, 0.05) is 29.4 Å². The van der Waals surface area contributed by atoms with Crippen molar-refractivity contribution in [3.05, 3.63) is 84.1 Å². The van der Waals surface area contributed by atoms with Crippen molar-refractivity contribution in [2.45, 2.75) is 25.8 Å². The lowest BCUT2D eigenvalue weighted by molar-refractivity contribution is 0.0972. The van der Waals surface area contributed by atoms with Gasteiger partial charge in [-0.2, -0.15) is 0 Å². The van der Waals surface area contributed by atoms with E-state index in [4.69, 9.17) is 0 Å². The number of aromatic hydroxyl groups is 2. The van der Waals surface area contributed by atoms with E-state index in [1.165, 1.54) is 18.2 Å². The highest BCUT2D eigenvalue weighted by molar-refractivity contribution is 6.09. The molecule has 1 aliphatic heterocycles. The zero-order chi connectivity index (χ0) is 21.5. The largest absolute Gasteiger partial charge is 0.508 e. The number of fused-ring (bicyclic) bond motifs is 2. The number of amides is 1. The maximum Gasteiger partial charge on any atom is 0.262 e. The number of hydrogen-bond acceptors (Lipinski definition) is 4. The average Bonchev–Trinajstić information content (AvgIpc) is 2.78.